The predicted molar refractivity (Wildman–Crippen MR) is 62.8 cm³/mol. The van der Waals surface area contributed by atoms with E-state index in [0.29, 0.717) is 0 Å². The number of carbonyl (C=O) groups is 2. The van der Waals surface area contributed by atoms with Gasteiger partial charge in [0.05, 0.1) is 10.7 Å². The van der Waals surface area contributed by atoms with E-state index in [-0.39, 0.29) is 16.4 Å². The fraction of sp³-hybridized carbons (Fsp3) is 0. The van der Waals surface area contributed by atoms with Crippen molar-refractivity contribution in [3.05, 3.63) is 46.6 Å². The van der Waals surface area contributed by atoms with Crippen molar-refractivity contribution in [2.45, 2.75) is 0 Å². The molecule has 19 heavy (non-hydrogen) atoms. The molecule has 0 aliphatic heterocycles. The maximum atomic E-state index is 12.8. The van der Waals surface area contributed by atoms with Crippen molar-refractivity contribution in [3.63, 3.8) is 0 Å². The summed E-state index contributed by atoms with van der Waals surface area (Å²) in [5.41, 5.74) is -0.0502. The molecule has 8 heteroatoms. The van der Waals surface area contributed by atoms with Crippen LogP contribution in [-0.4, -0.2) is 22.1 Å². The summed E-state index contributed by atoms with van der Waals surface area (Å²) in [5, 5.41) is 14.3. The SMILES string of the molecule is O=C(Nc1ccc(F)cc1Cl)c1cc(C(=O)O)on1. The van der Waals surface area contributed by atoms with Gasteiger partial charge in [0.25, 0.3) is 5.91 Å². The number of hydrogen-bond donors (Lipinski definition) is 2. The van der Waals surface area contributed by atoms with E-state index in [1.165, 1.54) is 6.07 Å². The molecule has 0 radical (unpaired) electrons. The van der Waals surface area contributed by atoms with Crippen LogP contribution in [0.25, 0.3) is 0 Å². The normalized spacial score (nSPS) is 10.2. The van der Waals surface area contributed by atoms with Gasteiger partial charge in [0.15, 0.2) is 5.69 Å². The zero-order valence-corrected chi connectivity index (χ0v) is 9.94. The third-order valence-corrected chi connectivity index (χ3v) is 2.45. The molecule has 6 nitrogen and oxygen atoms in total. The number of anilines is 1. The van der Waals surface area contributed by atoms with Crippen LogP contribution >= 0.6 is 11.6 Å². The molecule has 1 amide bonds. The maximum absolute atomic E-state index is 12.8. The van der Waals surface area contributed by atoms with Crippen LogP contribution in [0.2, 0.25) is 5.02 Å². The molecular formula is C11H6ClFN2O4. The van der Waals surface area contributed by atoms with Gasteiger partial charge in [-0.05, 0) is 18.2 Å². The molecule has 2 rings (SSSR count). The molecule has 2 N–H and O–H groups in total. The van der Waals surface area contributed by atoms with E-state index in [1.807, 2.05) is 0 Å². The van der Waals surface area contributed by atoms with Crippen LogP contribution < -0.4 is 5.32 Å². The summed E-state index contributed by atoms with van der Waals surface area (Å²) in [6.45, 7) is 0. The lowest BCUT2D eigenvalue weighted by Gasteiger charge is -2.04. The Bertz CT molecular complexity index is 656. The third kappa shape index (κ3) is 2.89. The van der Waals surface area contributed by atoms with Gasteiger partial charge in [0.1, 0.15) is 5.82 Å². The number of hydrogen-bond acceptors (Lipinski definition) is 4. The Morgan fingerprint density at radius 3 is 2.68 bits per heavy atom. The van der Waals surface area contributed by atoms with E-state index in [2.05, 4.69) is 15.0 Å². The topological polar surface area (TPSA) is 92.4 Å². The van der Waals surface area contributed by atoms with Crippen molar-refractivity contribution in [2.75, 3.05) is 5.32 Å². The van der Waals surface area contributed by atoms with Crippen LogP contribution in [0, 0.1) is 5.82 Å². The molecule has 0 spiro atoms. The lowest BCUT2D eigenvalue weighted by Crippen LogP contribution is -2.12. The Morgan fingerprint density at radius 1 is 1.37 bits per heavy atom. The Balaban J connectivity index is 2.18. The van der Waals surface area contributed by atoms with Gasteiger partial charge in [-0.25, -0.2) is 9.18 Å². The number of amides is 1. The number of nitrogens with one attached hydrogen (secondary N) is 1. The molecule has 1 aromatic carbocycles. The van der Waals surface area contributed by atoms with E-state index in [4.69, 9.17) is 16.7 Å². The van der Waals surface area contributed by atoms with Gasteiger partial charge in [-0.2, -0.15) is 0 Å². The monoisotopic (exact) mass is 284 g/mol. The summed E-state index contributed by atoms with van der Waals surface area (Å²) in [6, 6.07) is 4.39. The second kappa shape index (κ2) is 5.07. The minimum absolute atomic E-state index is 0.00954. The Hall–Kier alpha value is -2.41. The fourth-order valence-corrected chi connectivity index (χ4v) is 1.47. The highest BCUT2D eigenvalue weighted by Crippen LogP contribution is 2.22. The summed E-state index contributed by atoms with van der Waals surface area (Å²) in [5.74, 6) is -3.07. The lowest BCUT2D eigenvalue weighted by molar-refractivity contribution is 0.0651. The van der Waals surface area contributed by atoms with E-state index in [1.54, 1.807) is 0 Å². The standard InChI is InChI=1S/C11H6ClFN2O4/c12-6-3-5(13)1-2-7(6)14-10(16)8-4-9(11(17)18)19-15-8/h1-4H,(H,14,16)(H,17,18). The van der Waals surface area contributed by atoms with Gasteiger partial charge in [0, 0.05) is 6.07 Å². The van der Waals surface area contributed by atoms with Crippen LogP contribution in [0.5, 0.6) is 0 Å². The Morgan fingerprint density at radius 2 is 2.11 bits per heavy atom. The number of benzene rings is 1. The number of aromatic nitrogens is 1. The molecule has 0 saturated heterocycles. The molecule has 0 fully saturated rings. The Labute approximate surface area is 110 Å². The van der Waals surface area contributed by atoms with Gasteiger partial charge < -0.3 is 14.9 Å². The average Bonchev–Trinajstić information content (AvgIpc) is 2.82. The highest BCUT2D eigenvalue weighted by molar-refractivity contribution is 6.33. The van der Waals surface area contributed by atoms with Crippen LogP contribution in [0.1, 0.15) is 21.0 Å². The van der Waals surface area contributed by atoms with Crippen molar-refractivity contribution in [1.82, 2.24) is 5.16 Å². The van der Waals surface area contributed by atoms with Crippen LogP contribution in [0.15, 0.2) is 28.8 Å². The van der Waals surface area contributed by atoms with E-state index < -0.39 is 23.5 Å². The van der Waals surface area contributed by atoms with Crippen molar-refractivity contribution in [3.8, 4) is 0 Å². The zero-order valence-electron chi connectivity index (χ0n) is 9.18. The first kappa shape index (κ1) is 13.0. The Kier molecular flexibility index (Phi) is 3.48. The first-order valence-corrected chi connectivity index (χ1v) is 5.31. The van der Waals surface area contributed by atoms with Gasteiger partial charge >= 0.3 is 5.97 Å². The molecule has 0 aliphatic rings. The predicted octanol–water partition coefficient (Wildman–Crippen LogP) is 2.42. The van der Waals surface area contributed by atoms with Crippen molar-refractivity contribution in [2.24, 2.45) is 0 Å². The quantitative estimate of drug-likeness (QED) is 0.903. The fourth-order valence-electron chi connectivity index (χ4n) is 1.26. The summed E-state index contributed by atoms with van der Waals surface area (Å²) in [7, 11) is 0. The zero-order chi connectivity index (χ0) is 14.0. The molecule has 0 unspecified atom stereocenters. The van der Waals surface area contributed by atoms with E-state index in [0.717, 1.165) is 18.2 Å². The maximum Gasteiger partial charge on any atom is 0.374 e. The number of carboxylic acids is 1. The number of carboxylic acid groups (broad SMARTS) is 1. The molecule has 1 heterocycles. The molecule has 98 valence electrons. The van der Waals surface area contributed by atoms with Crippen molar-refractivity contribution < 1.29 is 23.6 Å². The van der Waals surface area contributed by atoms with Gasteiger partial charge in [-0.1, -0.05) is 16.8 Å². The smallest absolute Gasteiger partial charge is 0.374 e. The van der Waals surface area contributed by atoms with Crippen molar-refractivity contribution in [1.29, 1.82) is 0 Å². The molecule has 0 bridgehead atoms. The summed E-state index contributed by atoms with van der Waals surface area (Å²) in [6.07, 6.45) is 0. The second-order valence-electron chi connectivity index (χ2n) is 3.46. The number of nitrogens with zero attached hydrogens (tertiary/aromatic N) is 1. The highest BCUT2D eigenvalue weighted by Gasteiger charge is 2.17. The molecule has 2 aromatic rings. The number of halogens is 2. The molecular weight excluding hydrogens is 279 g/mol. The van der Waals surface area contributed by atoms with Crippen LogP contribution in [0.3, 0.4) is 0 Å². The number of aromatic carboxylic acids is 1. The highest BCUT2D eigenvalue weighted by atomic mass is 35.5. The van der Waals surface area contributed by atoms with Gasteiger partial charge in [-0.3, -0.25) is 4.79 Å². The lowest BCUT2D eigenvalue weighted by atomic mass is 10.3. The second-order valence-corrected chi connectivity index (χ2v) is 3.87. The largest absolute Gasteiger partial charge is 0.475 e. The summed E-state index contributed by atoms with van der Waals surface area (Å²) in [4.78, 5) is 22.3. The van der Waals surface area contributed by atoms with Crippen LogP contribution in [0.4, 0.5) is 10.1 Å². The average molecular weight is 285 g/mol. The first-order chi connectivity index (χ1) is 8.97. The van der Waals surface area contributed by atoms with Crippen LogP contribution in [-0.2, 0) is 0 Å². The summed E-state index contributed by atoms with van der Waals surface area (Å²) >= 11 is 5.72. The van der Waals surface area contributed by atoms with Crippen molar-refractivity contribution >= 4 is 29.2 Å². The first-order valence-electron chi connectivity index (χ1n) is 4.94. The molecule has 1 aromatic heterocycles. The number of rotatable bonds is 3. The molecule has 0 atom stereocenters. The minimum atomic E-state index is -1.34. The van der Waals surface area contributed by atoms with Gasteiger partial charge in [-0.15, -0.1) is 0 Å². The molecule has 0 aliphatic carbocycles. The summed E-state index contributed by atoms with van der Waals surface area (Å²) < 4.78 is 17.2. The molecule has 0 saturated carbocycles. The minimum Gasteiger partial charge on any atom is -0.475 e. The van der Waals surface area contributed by atoms with E-state index in [9.17, 15) is 14.0 Å². The third-order valence-electron chi connectivity index (χ3n) is 2.13. The number of carbonyl (C=O) groups excluding carboxylic acids is 1. The van der Waals surface area contributed by atoms with Gasteiger partial charge in [0.2, 0.25) is 5.76 Å². The van der Waals surface area contributed by atoms with E-state index >= 15 is 0 Å².